The first-order chi connectivity index (χ1) is 9.17. The van der Waals surface area contributed by atoms with Gasteiger partial charge in [0.05, 0.1) is 13.2 Å². The topological polar surface area (TPSA) is 106 Å². The Morgan fingerprint density at radius 3 is 2.63 bits per heavy atom. The first-order valence-electron chi connectivity index (χ1n) is 5.62. The molecule has 0 aromatic heterocycles. The number of methoxy groups -OCH3 is 1. The number of carbonyl (C=O) groups excluding carboxylic acids is 1. The molecular formula is C12H17N3O4. The summed E-state index contributed by atoms with van der Waals surface area (Å²) >= 11 is 0. The van der Waals surface area contributed by atoms with Gasteiger partial charge in [0, 0.05) is 18.4 Å². The van der Waals surface area contributed by atoms with Gasteiger partial charge in [0.2, 0.25) is 5.91 Å². The third-order valence-electron chi connectivity index (χ3n) is 2.24. The first kappa shape index (κ1) is 14.9. The molecule has 0 heterocycles. The summed E-state index contributed by atoms with van der Waals surface area (Å²) in [5, 5.41) is 14.0. The van der Waals surface area contributed by atoms with Crippen LogP contribution in [0.5, 0.6) is 0 Å². The minimum Gasteiger partial charge on any atom is -0.409 e. The van der Waals surface area contributed by atoms with E-state index in [0.717, 1.165) is 0 Å². The number of rotatable bonds is 7. The molecule has 0 aliphatic heterocycles. The van der Waals surface area contributed by atoms with Gasteiger partial charge in [0.15, 0.2) is 5.84 Å². The number of nitrogens with two attached hydrogens (primary N) is 1. The number of oxime groups is 1. The summed E-state index contributed by atoms with van der Waals surface area (Å²) in [5.41, 5.74) is 6.59. The van der Waals surface area contributed by atoms with Gasteiger partial charge in [0.1, 0.15) is 6.61 Å². The van der Waals surface area contributed by atoms with E-state index < -0.39 is 0 Å². The molecule has 0 aliphatic rings. The van der Waals surface area contributed by atoms with E-state index in [2.05, 4.69) is 10.5 Å². The van der Waals surface area contributed by atoms with Crippen LogP contribution in [0.3, 0.4) is 0 Å². The zero-order chi connectivity index (χ0) is 14.1. The Morgan fingerprint density at radius 2 is 2.05 bits per heavy atom. The number of hydrogen-bond acceptors (Lipinski definition) is 5. The molecule has 104 valence electrons. The number of amides is 1. The number of nitrogens with zero attached hydrogens (tertiary/aromatic N) is 1. The maximum Gasteiger partial charge on any atom is 0.250 e. The van der Waals surface area contributed by atoms with Crippen molar-refractivity contribution >= 4 is 17.4 Å². The van der Waals surface area contributed by atoms with E-state index in [1.165, 1.54) is 0 Å². The number of benzene rings is 1. The molecule has 0 bridgehead atoms. The molecule has 1 aromatic carbocycles. The van der Waals surface area contributed by atoms with Gasteiger partial charge in [-0.25, -0.2) is 0 Å². The van der Waals surface area contributed by atoms with Gasteiger partial charge in [-0.2, -0.15) is 0 Å². The van der Waals surface area contributed by atoms with Crippen LogP contribution in [0.15, 0.2) is 29.4 Å². The van der Waals surface area contributed by atoms with Gasteiger partial charge in [-0.15, -0.1) is 0 Å². The van der Waals surface area contributed by atoms with Crippen molar-refractivity contribution in [1.82, 2.24) is 0 Å². The summed E-state index contributed by atoms with van der Waals surface area (Å²) < 4.78 is 9.87. The fraction of sp³-hybridized carbons (Fsp3) is 0.333. The summed E-state index contributed by atoms with van der Waals surface area (Å²) in [6, 6.07) is 6.58. The van der Waals surface area contributed by atoms with Gasteiger partial charge in [-0.1, -0.05) is 5.16 Å². The maximum atomic E-state index is 11.5. The zero-order valence-corrected chi connectivity index (χ0v) is 10.6. The van der Waals surface area contributed by atoms with Crippen LogP contribution in [0.4, 0.5) is 5.69 Å². The largest absolute Gasteiger partial charge is 0.409 e. The molecule has 1 aromatic rings. The second kappa shape index (κ2) is 8.06. The lowest BCUT2D eigenvalue weighted by molar-refractivity contribution is -0.121. The highest BCUT2D eigenvalue weighted by molar-refractivity contribution is 5.98. The van der Waals surface area contributed by atoms with E-state index in [-0.39, 0.29) is 18.3 Å². The van der Waals surface area contributed by atoms with Gasteiger partial charge < -0.3 is 25.7 Å². The van der Waals surface area contributed by atoms with Crippen molar-refractivity contribution in [3.8, 4) is 0 Å². The highest BCUT2D eigenvalue weighted by Gasteiger charge is 2.03. The molecule has 0 atom stereocenters. The van der Waals surface area contributed by atoms with Crippen molar-refractivity contribution in [2.75, 3.05) is 32.2 Å². The number of nitrogens with one attached hydrogen (secondary N) is 1. The molecule has 1 rings (SSSR count). The van der Waals surface area contributed by atoms with Crippen LogP contribution in [0.25, 0.3) is 0 Å². The summed E-state index contributed by atoms with van der Waals surface area (Å²) in [7, 11) is 1.56. The van der Waals surface area contributed by atoms with Crippen LogP contribution in [-0.4, -0.2) is 43.9 Å². The molecule has 0 fully saturated rings. The van der Waals surface area contributed by atoms with Crippen LogP contribution < -0.4 is 11.1 Å². The lowest BCUT2D eigenvalue weighted by atomic mass is 10.2. The molecule has 0 saturated heterocycles. The molecule has 0 saturated carbocycles. The molecule has 0 aliphatic carbocycles. The second-order valence-electron chi connectivity index (χ2n) is 3.66. The Balaban J connectivity index is 2.42. The minimum absolute atomic E-state index is 0.0146. The lowest BCUT2D eigenvalue weighted by Gasteiger charge is -2.06. The summed E-state index contributed by atoms with van der Waals surface area (Å²) in [5.74, 6) is -0.242. The van der Waals surface area contributed by atoms with Crippen molar-refractivity contribution in [2.24, 2.45) is 10.9 Å². The summed E-state index contributed by atoms with van der Waals surface area (Å²) in [6.45, 7) is 0.777. The fourth-order valence-electron chi connectivity index (χ4n) is 1.29. The van der Waals surface area contributed by atoms with E-state index in [9.17, 15) is 4.79 Å². The number of ether oxygens (including phenoxy) is 2. The van der Waals surface area contributed by atoms with Crippen molar-refractivity contribution in [3.63, 3.8) is 0 Å². The quantitative estimate of drug-likeness (QED) is 0.218. The second-order valence-corrected chi connectivity index (χ2v) is 3.66. The van der Waals surface area contributed by atoms with Crippen LogP contribution >= 0.6 is 0 Å². The lowest BCUT2D eigenvalue weighted by Crippen LogP contribution is -2.19. The maximum absolute atomic E-state index is 11.5. The van der Waals surface area contributed by atoms with Crippen molar-refractivity contribution in [1.29, 1.82) is 0 Å². The molecular weight excluding hydrogens is 250 g/mol. The molecule has 0 radical (unpaired) electrons. The van der Waals surface area contributed by atoms with Crippen LogP contribution in [0.1, 0.15) is 5.56 Å². The summed E-state index contributed by atoms with van der Waals surface area (Å²) in [6.07, 6.45) is 0. The standard InChI is InChI=1S/C12H17N3O4/c1-18-6-7-19-8-11(16)14-10-4-2-9(3-5-10)12(13)15-17/h2-5,17H,6-8H2,1H3,(H2,13,15)(H,14,16). The third kappa shape index (κ3) is 5.36. The fourth-order valence-corrected chi connectivity index (χ4v) is 1.29. The Labute approximate surface area is 111 Å². The Bertz CT molecular complexity index is 431. The van der Waals surface area contributed by atoms with Crippen LogP contribution in [0, 0.1) is 0 Å². The first-order valence-corrected chi connectivity index (χ1v) is 5.62. The number of carbonyl (C=O) groups is 1. The number of anilines is 1. The Morgan fingerprint density at radius 1 is 1.37 bits per heavy atom. The van der Waals surface area contributed by atoms with E-state index in [1.807, 2.05) is 0 Å². The van der Waals surface area contributed by atoms with Gasteiger partial charge in [0.25, 0.3) is 0 Å². The van der Waals surface area contributed by atoms with E-state index >= 15 is 0 Å². The molecule has 4 N–H and O–H groups in total. The SMILES string of the molecule is COCCOCC(=O)Nc1ccc(/C(N)=N/O)cc1. The molecule has 7 nitrogen and oxygen atoms in total. The van der Waals surface area contributed by atoms with E-state index in [4.69, 9.17) is 20.4 Å². The highest BCUT2D eigenvalue weighted by atomic mass is 16.5. The predicted octanol–water partition coefficient (Wildman–Crippen LogP) is 0.383. The highest BCUT2D eigenvalue weighted by Crippen LogP contribution is 2.09. The van der Waals surface area contributed by atoms with Gasteiger partial charge >= 0.3 is 0 Å². The molecule has 7 heteroatoms. The molecule has 0 spiro atoms. The smallest absolute Gasteiger partial charge is 0.250 e. The molecule has 1 amide bonds. The van der Waals surface area contributed by atoms with Crippen molar-refractivity contribution in [2.45, 2.75) is 0 Å². The van der Waals surface area contributed by atoms with Gasteiger partial charge in [-0.3, -0.25) is 4.79 Å². The third-order valence-corrected chi connectivity index (χ3v) is 2.24. The van der Waals surface area contributed by atoms with Crippen molar-refractivity contribution < 1.29 is 19.5 Å². The van der Waals surface area contributed by atoms with Gasteiger partial charge in [-0.05, 0) is 24.3 Å². The Hall–Kier alpha value is -2.12. The monoisotopic (exact) mass is 267 g/mol. The normalized spacial score (nSPS) is 11.3. The zero-order valence-electron chi connectivity index (χ0n) is 10.6. The number of hydrogen-bond donors (Lipinski definition) is 3. The number of amidine groups is 1. The minimum atomic E-state index is -0.257. The van der Waals surface area contributed by atoms with Crippen LogP contribution in [0.2, 0.25) is 0 Å². The summed E-state index contributed by atoms with van der Waals surface area (Å²) in [4.78, 5) is 11.5. The van der Waals surface area contributed by atoms with E-state index in [1.54, 1.807) is 31.4 Å². The predicted molar refractivity (Wildman–Crippen MR) is 70.3 cm³/mol. The molecule has 19 heavy (non-hydrogen) atoms. The average Bonchev–Trinajstić information content (AvgIpc) is 2.43. The van der Waals surface area contributed by atoms with E-state index in [0.29, 0.717) is 24.5 Å². The van der Waals surface area contributed by atoms with Crippen LogP contribution in [-0.2, 0) is 14.3 Å². The molecule has 0 unspecified atom stereocenters. The van der Waals surface area contributed by atoms with Crippen molar-refractivity contribution in [3.05, 3.63) is 29.8 Å². The Kier molecular flexibility index (Phi) is 6.34. The average molecular weight is 267 g/mol.